The molecule has 2 atom stereocenters. The van der Waals surface area contributed by atoms with E-state index in [0.717, 1.165) is 64.2 Å². The van der Waals surface area contributed by atoms with Gasteiger partial charge in [-0.3, -0.25) is 9.59 Å². The van der Waals surface area contributed by atoms with Gasteiger partial charge in [0.15, 0.2) is 0 Å². The van der Waals surface area contributed by atoms with Gasteiger partial charge in [0.2, 0.25) is 0 Å². The molecule has 0 fully saturated rings. The molecule has 0 aromatic rings. The van der Waals surface area contributed by atoms with E-state index in [0.29, 0.717) is 19.3 Å². The van der Waals surface area contributed by atoms with Crippen LogP contribution in [-0.2, 0) is 19.1 Å². The zero-order chi connectivity index (χ0) is 28.8. The summed E-state index contributed by atoms with van der Waals surface area (Å²) in [6.45, 7) is 3.97. The number of allylic oxidation sites excluding steroid dienone is 7. The average Bonchev–Trinajstić information content (AvgIpc) is 2.92. The summed E-state index contributed by atoms with van der Waals surface area (Å²) in [5.74, 6) is -0.661. The van der Waals surface area contributed by atoms with Crippen LogP contribution in [0.15, 0.2) is 48.6 Å². The number of hydrogen-bond donors (Lipinski definition) is 2. The lowest BCUT2D eigenvalue weighted by Crippen LogP contribution is -2.25. The van der Waals surface area contributed by atoms with Crippen LogP contribution in [0.3, 0.4) is 0 Å². The molecular weight excluding hydrogens is 492 g/mol. The molecule has 2 N–H and O–H groups in total. The van der Waals surface area contributed by atoms with Gasteiger partial charge >= 0.3 is 11.9 Å². The Morgan fingerprint density at radius 3 is 1.64 bits per heavy atom. The van der Waals surface area contributed by atoms with E-state index < -0.39 is 6.10 Å². The lowest BCUT2D eigenvalue weighted by Gasteiger charge is -2.12. The van der Waals surface area contributed by atoms with Gasteiger partial charge in [-0.1, -0.05) is 107 Å². The maximum Gasteiger partial charge on any atom is 0.305 e. The first kappa shape index (κ1) is 36.8. The Hall–Kier alpha value is -2.18. The Bertz CT molecular complexity index is 694. The summed E-state index contributed by atoms with van der Waals surface area (Å²) in [4.78, 5) is 23.6. The van der Waals surface area contributed by atoms with Crippen molar-refractivity contribution in [1.29, 1.82) is 0 Å². The normalized spacial score (nSPS) is 13.6. The molecule has 0 aliphatic carbocycles. The Labute approximate surface area is 238 Å². The number of carbonyl (C=O) groups is 2. The highest BCUT2D eigenvalue weighted by molar-refractivity contribution is 5.69. The molecule has 6 heteroatoms. The number of unbranched alkanes of at least 4 members (excludes halogenated alkanes) is 7. The number of aliphatic hydroxyl groups excluding tert-OH is 2. The number of ether oxygens (including phenoxy) is 2. The fourth-order valence-electron chi connectivity index (χ4n) is 3.80. The van der Waals surface area contributed by atoms with E-state index >= 15 is 0 Å². The molecular formula is C33H56O6. The van der Waals surface area contributed by atoms with Gasteiger partial charge < -0.3 is 19.7 Å². The standard InChI is InChI=1S/C33H56O6/c1-3-5-6-7-15-19-22-26-32(36)38-28-31(35)29-39-33(37)27-23-20-17-14-12-10-8-9-11-13-16-18-21-25-30(34)24-4-2/h8,10-11,13-14,17-18,21,30-31,34-35H,3-7,9,12,15-16,19-20,22-29H2,1-2H3/b10-8-,13-11-,17-14-,21-18-/t30?,31-/m1/s1. The first-order valence-corrected chi connectivity index (χ1v) is 15.3. The minimum Gasteiger partial charge on any atom is -0.463 e. The van der Waals surface area contributed by atoms with E-state index in [1.807, 2.05) is 6.08 Å². The third-order valence-electron chi connectivity index (χ3n) is 6.12. The molecule has 39 heavy (non-hydrogen) atoms. The monoisotopic (exact) mass is 548 g/mol. The summed E-state index contributed by atoms with van der Waals surface area (Å²) in [6, 6.07) is 0. The lowest BCUT2D eigenvalue weighted by molar-refractivity contribution is -0.152. The van der Waals surface area contributed by atoms with Crippen molar-refractivity contribution in [2.75, 3.05) is 13.2 Å². The van der Waals surface area contributed by atoms with E-state index in [1.165, 1.54) is 25.7 Å². The topological polar surface area (TPSA) is 93.1 Å². The molecule has 0 aromatic carbocycles. The zero-order valence-corrected chi connectivity index (χ0v) is 24.7. The van der Waals surface area contributed by atoms with Crippen LogP contribution in [0, 0.1) is 0 Å². The third-order valence-corrected chi connectivity index (χ3v) is 6.12. The summed E-state index contributed by atoms with van der Waals surface area (Å²) < 4.78 is 10.2. The van der Waals surface area contributed by atoms with Crippen molar-refractivity contribution in [3.63, 3.8) is 0 Å². The average molecular weight is 549 g/mol. The number of hydrogen-bond acceptors (Lipinski definition) is 6. The zero-order valence-electron chi connectivity index (χ0n) is 24.7. The summed E-state index contributed by atoms with van der Waals surface area (Å²) in [5.41, 5.74) is 0. The summed E-state index contributed by atoms with van der Waals surface area (Å²) in [5, 5.41) is 19.5. The van der Waals surface area contributed by atoms with Crippen molar-refractivity contribution in [1.82, 2.24) is 0 Å². The molecule has 0 saturated heterocycles. The van der Waals surface area contributed by atoms with Crippen molar-refractivity contribution in [3.8, 4) is 0 Å². The maximum absolute atomic E-state index is 11.8. The smallest absolute Gasteiger partial charge is 0.305 e. The first-order chi connectivity index (χ1) is 19.0. The highest BCUT2D eigenvalue weighted by Gasteiger charge is 2.11. The van der Waals surface area contributed by atoms with Crippen LogP contribution in [-0.4, -0.2) is 47.6 Å². The molecule has 0 aliphatic rings. The summed E-state index contributed by atoms with van der Waals surface area (Å²) >= 11 is 0. The van der Waals surface area contributed by atoms with Crippen LogP contribution in [0.2, 0.25) is 0 Å². The van der Waals surface area contributed by atoms with E-state index in [-0.39, 0.29) is 31.3 Å². The summed E-state index contributed by atoms with van der Waals surface area (Å²) in [7, 11) is 0. The van der Waals surface area contributed by atoms with Gasteiger partial charge in [0.1, 0.15) is 19.3 Å². The van der Waals surface area contributed by atoms with Gasteiger partial charge in [0.25, 0.3) is 0 Å². The second-order valence-electron chi connectivity index (χ2n) is 10.1. The van der Waals surface area contributed by atoms with Crippen LogP contribution in [0.4, 0.5) is 0 Å². The molecule has 224 valence electrons. The van der Waals surface area contributed by atoms with Crippen molar-refractivity contribution in [3.05, 3.63) is 48.6 Å². The SMILES string of the molecule is CCCCCCCCCC(=O)OC[C@@H](O)COC(=O)CCC/C=C\C/C=C\C/C=C\C/C=C\CC(O)CCC. The fourth-order valence-corrected chi connectivity index (χ4v) is 3.80. The second-order valence-corrected chi connectivity index (χ2v) is 10.1. The van der Waals surface area contributed by atoms with Crippen LogP contribution in [0.1, 0.15) is 123 Å². The number of aliphatic hydroxyl groups is 2. The van der Waals surface area contributed by atoms with E-state index in [1.54, 1.807) is 0 Å². The molecule has 0 amide bonds. The van der Waals surface area contributed by atoms with E-state index in [9.17, 15) is 19.8 Å². The quantitative estimate of drug-likeness (QED) is 0.0654. The van der Waals surface area contributed by atoms with Crippen molar-refractivity contribution < 1.29 is 29.3 Å². The van der Waals surface area contributed by atoms with E-state index in [4.69, 9.17) is 9.47 Å². The van der Waals surface area contributed by atoms with Crippen molar-refractivity contribution >= 4 is 11.9 Å². The minimum absolute atomic E-state index is 0.143. The van der Waals surface area contributed by atoms with Crippen LogP contribution in [0.25, 0.3) is 0 Å². The van der Waals surface area contributed by atoms with Gasteiger partial charge in [0, 0.05) is 12.8 Å². The molecule has 1 unspecified atom stereocenters. The van der Waals surface area contributed by atoms with Crippen molar-refractivity contribution in [2.45, 2.75) is 135 Å². The highest BCUT2D eigenvalue weighted by atomic mass is 16.6. The fraction of sp³-hybridized carbons (Fsp3) is 0.697. The summed E-state index contributed by atoms with van der Waals surface area (Å²) in [6.07, 6.45) is 30.9. The van der Waals surface area contributed by atoms with Gasteiger partial charge in [-0.05, 0) is 51.4 Å². The molecule has 0 rings (SSSR count). The lowest BCUT2D eigenvalue weighted by atomic mass is 10.1. The maximum atomic E-state index is 11.8. The Kier molecular flexibility index (Phi) is 27.2. The van der Waals surface area contributed by atoms with Gasteiger partial charge in [-0.2, -0.15) is 0 Å². The van der Waals surface area contributed by atoms with Crippen molar-refractivity contribution in [2.24, 2.45) is 0 Å². The highest BCUT2D eigenvalue weighted by Crippen LogP contribution is 2.09. The molecule has 0 aromatic heterocycles. The molecule has 0 radical (unpaired) electrons. The molecule has 0 saturated carbocycles. The Morgan fingerprint density at radius 1 is 0.590 bits per heavy atom. The first-order valence-electron chi connectivity index (χ1n) is 15.3. The minimum atomic E-state index is -0.991. The number of rotatable bonds is 26. The largest absolute Gasteiger partial charge is 0.463 e. The van der Waals surface area contributed by atoms with Crippen LogP contribution in [0.5, 0.6) is 0 Å². The molecule has 0 bridgehead atoms. The van der Waals surface area contributed by atoms with E-state index in [2.05, 4.69) is 56.4 Å². The molecule has 6 nitrogen and oxygen atoms in total. The van der Waals surface area contributed by atoms with Crippen LogP contribution < -0.4 is 0 Å². The predicted octanol–water partition coefficient (Wildman–Crippen LogP) is 7.69. The van der Waals surface area contributed by atoms with Crippen LogP contribution >= 0.6 is 0 Å². The predicted molar refractivity (Wildman–Crippen MR) is 160 cm³/mol. The Balaban J connectivity index is 3.64. The molecule has 0 heterocycles. The third kappa shape index (κ3) is 28.6. The molecule has 0 spiro atoms. The second kappa shape index (κ2) is 28.8. The number of esters is 2. The number of carbonyl (C=O) groups excluding carboxylic acids is 2. The molecule has 0 aliphatic heterocycles. The van der Waals surface area contributed by atoms with Gasteiger partial charge in [-0.25, -0.2) is 0 Å². The van der Waals surface area contributed by atoms with Gasteiger partial charge in [0.05, 0.1) is 6.10 Å². The van der Waals surface area contributed by atoms with Gasteiger partial charge in [-0.15, -0.1) is 0 Å². The Morgan fingerprint density at radius 2 is 1.08 bits per heavy atom.